The topological polar surface area (TPSA) is 59.1 Å². The van der Waals surface area contributed by atoms with Crippen molar-refractivity contribution in [3.8, 4) is 5.75 Å². The van der Waals surface area contributed by atoms with E-state index in [1.54, 1.807) is 0 Å². The van der Waals surface area contributed by atoms with E-state index < -0.39 is 0 Å². The SMILES string of the molecule is CNc1nc(C)cc(NC2CCOc3ccccc32)n1. The number of para-hydroxylation sites is 1. The fraction of sp³-hybridized carbons (Fsp3) is 0.333. The molecule has 1 atom stereocenters. The molecule has 20 heavy (non-hydrogen) atoms. The summed E-state index contributed by atoms with van der Waals surface area (Å²) in [5.41, 5.74) is 2.12. The van der Waals surface area contributed by atoms with E-state index in [0.29, 0.717) is 5.95 Å². The van der Waals surface area contributed by atoms with Gasteiger partial charge in [0, 0.05) is 30.8 Å². The molecule has 1 unspecified atom stereocenters. The second-order valence-electron chi connectivity index (χ2n) is 4.84. The van der Waals surface area contributed by atoms with Crippen molar-refractivity contribution in [1.82, 2.24) is 9.97 Å². The summed E-state index contributed by atoms with van der Waals surface area (Å²) in [6, 6.07) is 10.3. The van der Waals surface area contributed by atoms with E-state index in [1.807, 2.05) is 38.2 Å². The maximum Gasteiger partial charge on any atom is 0.224 e. The minimum atomic E-state index is 0.221. The van der Waals surface area contributed by atoms with Crippen LogP contribution in [0.5, 0.6) is 5.75 Å². The van der Waals surface area contributed by atoms with Crippen molar-refractivity contribution in [3.63, 3.8) is 0 Å². The Morgan fingerprint density at radius 1 is 1.25 bits per heavy atom. The van der Waals surface area contributed by atoms with Gasteiger partial charge in [0.2, 0.25) is 5.95 Å². The Kier molecular flexibility index (Phi) is 3.41. The molecule has 0 fully saturated rings. The molecular weight excluding hydrogens is 252 g/mol. The first-order valence-corrected chi connectivity index (χ1v) is 6.78. The van der Waals surface area contributed by atoms with Crippen LogP contribution in [0.15, 0.2) is 30.3 Å². The van der Waals surface area contributed by atoms with E-state index in [4.69, 9.17) is 4.74 Å². The Labute approximate surface area is 118 Å². The van der Waals surface area contributed by atoms with Crippen LogP contribution < -0.4 is 15.4 Å². The largest absolute Gasteiger partial charge is 0.493 e. The third-order valence-electron chi connectivity index (χ3n) is 3.36. The van der Waals surface area contributed by atoms with Crippen LogP contribution in [-0.2, 0) is 0 Å². The lowest BCUT2D eigenvalue weighted by Gasteiger charge is -2.27. The number of nitrogens with one attached hydrogen (secondary N) is 2. The minimum absolute atomic E-state index is 0.221. The average molecular weight is 270 g/mol. The minimum Gasteiger partial charge on any atom is -0.493 e. The monoisotopic (exact) mass is 270 g/mol. The number of hydrogen-bond acceptors (Lipinski definition) is 5. The molecule has 0 saturated carbocycles. The van der Waals surface area contributed by atoms with Gasteiger partial charge in [0.25, 0.3) is 0 Å². The van der Waals surface area contributed by atoms with Gasteiger partial charge in [0.15, 0.2) is 0 Å². The van der Waals surface area contributed by atoms with E-state index >= 15 is 0 Å². The fourth-order valence-corrected chi connectivity index (χ4v) is 2.42. The van der Waals surface area contributed by atoms with Gasteiger partial charge in [0.05, 0.1) is 12.6 Å². The summed E-state index contributed by atoms with van der Waals surface area (Å²) in [5.74, 6) is 2.42. The summed E-state index contributed by atoms with van der Waals surface area (Å²) in [7, 11) is 1.82. The number of fused-ring (bicyclic) bond motifs is 1. The Balaban J connectivity index is 1.87. The Bertz CT molecular complexity index is 615. The Morgan fingerprint density at radius 2 is 2.10 bits per heavy atom. The van der Waals surface area contributed by atoms with Crippen molar-refractivity contribution in [2.75, 3.05) is 24.3 Å². The first-order chi connectivity index (χ1) is 9.76. The summed E-state index contributed by atoms with van der Waals surface area (Å²) in [4.78, 5) is 8.75. The highest BCUT2D eigenvalue weighted by atomic mass is 16.5. The van der Waals surface area contributed by atoms with Crippen molar-refractivity contribution < 1.29 is 4.74 Å². The smallest absolute Gasteiger partial charge is 0.224 e. The Hall–Kier alpha value is -2.30. The molecular formula is C15H18N4O. The van der Waals surface area contributed by atoms with Crippen LogP contribution in [-0.4, -0.2) is 23.6 Å². The molecule has 2 heterocycles. The van der Waals surface area contributed by atoms with Crippen LogP contribution in [0.25, 0.3) is 0 Å². The molecule has 2 N–H and O–H groups in total. The second-order valence-corrected chi connectivity index (χ2v) is 4.84. The molecule has 5 heteroatoms. The highest BCUT2D eigenvalue weighted by Crippen LogP contribution is 2.33. The molecule has 0 amide bonds. The zero-order valence-corrected chi connectivity index (χ0v) is 11.7. The lowest BCUT2D eigenvalue weighted by atomic mass is 10.0. The van der Waals surface area contributed by atoms with E-state index in [2.05, 4.69) is 26.7 Å². The third-order valence-corrected chi connectivity index (χ3v) is 3.36. The van der Waals surface area contributed by atoms with Crippen LogP contribution in [0, 0.1) is 6.92 Å². The van der Waals surface area contributed by atoms with Crippen LogP contribution in [0.3, 0.4) is 0 Å². The standard InChI is InChI=1S/C15H18N4O/c1-10-9-14(19-15(16-2)17-10)18-12-7-8-20-13-6-4-3-5-11(12)13/h3-6,9,12H,7-8H2,1-2H3,(H2,16,17,18,19). The van der Waals surface area contributed by atoms with E-state index in [9.17, 15) is 0 Å². The van der Waals surface area contributed by atoms with Gasteiger partial charge in [-0.25, -0.2) is 4.98 Å². The summed E-state index contributed by atoms with van der Waals surface area (Å²) in [5, 5.41) is 6.46. The van der Waals surface area contributed by atoms with Crippen LogP contribution in [0.2, 0.25) is 0 Å². The van der Waals surface area contributed by atoms with Gasteiger partial charge in [-0.3, -0.25) is 0 Å². The molecule has 104 valence electrons. The predicted molar refractivity (Wildman–Crippen MR) is 79.2 cm³/mol. The second kappa shape index (κ2) is 5.36. The number of rotatable bonds is 3. The Morgan fingerprint density at radius 3 is 2.95 bits per heavy atom. The first kappa shape index (κ1) is 12.7. The van der Waals surface area contributed by atoms with Crippen molar-refractivity contribution >= 4 is 11.8 Å². The summed E-state index contributed by atoms with van der Waals surface area (Å²) in [6.45, 7) is 2.68. The quantitative estimate of drug-likeness (QED) is 0.898. The lowest BCUT2D eigenvalue weighted by Crippen LogP contribution is -2.21. The molecule has 1 aromatic carbocycles. The van der Waals surface area contributed by atoms with E-state index in [-0.39, 0.29) is 6.04 Å². The highest BCUT2D eigenvalue weighted by molar-refractivity contribution is 5.47. The molecule has 0 aliphatic carbocycles. The molecule has 0 radical (unpaired) electrons. The van der Waals surface area contributed by atoms with Gasteiger partial charge in [0.1, 0.15) is 11.6 Å². The van der Waals surface area contributed by atoms with Gasteiger partial charge in [-0.05, 0) is 13.0 Å². The van der Waals surface area contributed by atoms with Gasteiger partial charge >= 0.3 is 0 Å². The zero-order valence-electron chi connectivity index (χ0n) is 11.7. The highest BCUT2D eigenvalue weighted by Gasteiger charge is 2.21. The number of aryl methyl sites for hydroxylation is 1. The van der Waals surface area contributed by atoms with Gasteiger partial charge < -0.3 is 15.4 Å². The first-order valence-electron chi connectivity index (χ1n) is 6.78. The van der Waals surface area contributed by atoms with Gasteiger partial charge in [-0.1, -0.05) is 18.2 Å². The van der Waals surface area contributed by atoms with Crippen LogP contribution in [0.1, 0.15) is 23.7 Å². The van der Waals surface area contributed by atoms with E-state index in [0.717, 1.165) is 30.3 Å². The zero-order chi connectivity index (χ0) is 13.9. The number of anilines is 2. The van der Waals surface area contributed by atoms with Crippen molar-refractivity contribution in [3.05, 3.63) is 41.6 Å². The summed E-state index contributed by atoms with van der Waals surface area (Å²) in [6.07, 6.45) is 0.926. The molecule has 1 aromatic heterocycles. The molecule has 2 aromatic rings. The van der Waals surface area contributed by atoms with Crippen LogP contribution in [0.4, 0.5) is 11.8 Å². The van der Waals surface area contributed by atoms with E-state index in [1.165, 1.54) is 5.56 Å². The maximum absolute atomic E-state index is 5.67. The average Bonchev–Trinajstić information content (AvgIpc) is 2.47. The molecule has 3 rings (SSSR count). The molecule has 0 spiro atoms. The van der Waals surface area contributed by atoms with Gasteiger partial charge in [-0.2, -0.15) is 4.98 Å². The number of benzene rings is 1. The van der Waals surface area contributed by atoms with Crippen molar-refractivity contribution in [2.45, 2.75) is 19.4 Å². The van der Waals surface area contributed by atoms with Crippen molar-refractivity contribution in [2.24, 2.45) is 0 Å². The predicted octanol–water partition coefficient (Wildman–Crippen LogP) is 2.76. The lowest BCUT2D eigenvalue weighted by molar-refractivity contribution is 0.274. The number of ether oxygens (including phenoxy) is 1. The van der Waals surface area contributed by atoms with Crippen molar-refractivity contribution in [1.29, 1.82) is 0 Å². The maximum atomic E-state index is 5.67. The number of nitrogens with zero attached hydrogens (tertiary/aromatic N) is 2. The normalized spacial score (nSPS) is 17.0. The molecule has 1 aliphatic heterocycles. The number of hydrogen-bond donors (Lipinski definition) is 2. The molecule has 0 bridgehead atoms. The summed E-state index contributed by atoms with van der Waals surface area (Å²) >= 11 is 0. The summed E-state index contributed by atoms with van der Waals surface area (Å²) < 4.78 is 5.67. The fourth-order valence-electron chi connectivity index (χ4n) is 2.42. The molecule has 0 saturated heterocycles. The molecule has 1 aliphatic rings. The van der Waals surface area contributed by atoms with Crippen LogP contribution >= 0.6 is 0 Å². The third kappa shape index (κ3) is 2.52. The number of aromatic nitrogens is 2. The van der Waals surface area contributed by atoms with Gasteiger partial charge in [-0.15, -0.1) is 0 Å². The molecule has 5 nitrogen and oxygen atoms in total.